The third-order valence-corrected chi connectivity index (χ3v) is 6.93. The minimum absolute atomic E-state index is 0.202. The summed E-state index contributed by atoms with van der Waals surface area (Å²) in [7, 11) is -3.85. The van der Waals surface area contributed by atoms with Gasteiger partial charge in [0.1, 0.15) is 0 Å². The van der Waals surface area contributed by atoms with E-state index in [2.05, 4.69) is 5.32 Å². The molecule has 3 rings (SSSR count). The molecule has 2 unspecified atom stereocenters. The van der Waals surface area contributed by atoms with Crippen molar-refractivity contribution in [2.75, 3.05) is 19.6 Å². The third-order valence-electron chi connectivity index (χ3n) is 5.02. The van der Waals surface area contributed by atoms with Gasteiger partial charge in [-0.25, -0.2) is 8.42 Å². The van der Waals surface area contributed by atoms with Gasteiger partial charge < -0.3 is 5.32 Å². The summed E-state index contributed by atoms with van der Waals surface area (Å²) in [5, 5.41) is 14.7. The van der Waals surface area contributed by atoms with E-state index in [0.717, 1.165) is 25.8 Å². The number of hydrogen-bond donors (Lipinski definition) is 1. The van der Waals surface area contributed by atoms with Gasteiger partial charge in [0.15, 0.2) is 4.90 Å². The lowest BCUT2D eigenvalue weighted by atomic mass is 9.87. The molecule has 0 amide bonds. The smallest absolute Gasteiger partial charge is 0.289 e. The zero-order valence-corrected chi connectivity index (χ0v) is 14.4. The van der Waals surface area contributed by atoms with Crippen molar-refractivity contribution < 1.29 is 13.3 Å². The van der Waals surface area contributed by atoms with Crippen LogP contribution in [0.1, 0.15) is 32.1 Å². The summed E-state index contributed by atoms with van der Waals surface area (Å²) in [5.74, 6) is 0.275. The van der Waals surface area contributed by atoms with Gasteiger partial charge >= 0.3 is 0 Å². The fourth-order valence-corrected chi connectivity index (χ4v) is 5.46. The topological polar surface area (TPSA) is 92.5 Å². The summed E-state index contributed by atoms with van der Waals surface area (Å²) in [6.07, 6.45) is 5.21. The first-order valence-electron chi connectivity index (χ1n) is 8.47. The molecule has 0 radical (unpaired) electrons. The molecule has 8 heteroatoms. The van der Waals surface area contributed by atoms with Crippen molar-refractivity contribution in [2.24, 2.45) is 5.92 Å². The highest BCUT2D eigenvalue weighted by molar-refractivity contribution is 7.89. The quantitative estimate of drug-likeness (QED) is 0.661. The number of nitrogens with zero attached hydrogens (tertiary/aromatic N) is 2. The molecule has 2 saturated heterocycles. The molecule has 7 nitrogen and oxygen atoms in total. The molecule has 24 heavy (non-hydrogen) atoms. The minimum Gasteiger partial charge on any atom is -0.314 e. The Morgan fingerprint density at radius 1 is 1.17 bits per heavy atom. The van der Waals surface area contributed by atoms with Crippen LogP contribution >= 0.6 is 0 Å². The molecular weight excluding hydrogens is 330 g/mol. The van der Waals surface area contributed by atoms with Crippen LogP contribution in [0.5, 0.6) is 0 Å². The van der Waals surface area contributed by atoms with Crippen LogP contribution in [0.2, 0.25) is 0 Å². The number of nitrogens with one attached hydrogen (secondary N) is 1. The van der Waals surface area contributed by atoms with Gasteiger partial charge in [-0.05, 0) is 44.2 Å². The number of nitro benzene ring substituents is 1. The first-order chi connectivity index (χ1) is 11.5. The summed E-state index contributed by atoms with van der Waals surface area (Å²) in [4.78, 5) is 10.3. The van der Waals surface area contributed by atoms with Gasteiger partial charge in [-0.2, -0.15) is 4.31 Å². The number of hydrogen-bond acceptors (Lipinski definition) is 5. The van der Waals surface area contributed by atoms with Gasteiger partial charge in [-0.3, -0.25) is 10.1 Å². The van der Waals surface area contributed by atoms with Crippen LogP contribution < -0.4 is 5.32 Å². The van der Waals surface area contributed by atoms with Crippen LogP contribution in [0.15, 0.2) is 29.2 Å². The van der Waals surface area contributed by atoms with Crippen LogP contribution in [0.3, 0.4) is 0 Å². The Kier molecular flexibility index (Phi) is 5.17. The van der Waals surface area contributed by atoms with Crippen molar-refractivity contribution in [1.29, 1.82) is 0 Å². The van der Waals surface area contributed by atoms with E-state index in [-0.39, 0.29) is 16.5 Å². The maximum absolute atomic E-state index is 12.9. The molecule has 0 saturated carbocycles. The second-order valence-electron chi connectivity index (χ2n) is 6.55. The average Bonchev–Trinajstić information content (AvgIpc) is 2.62. The molecule has 2 aliphatic rings. The van der Waals surface area contributed by atoms with Gasteiger partial charge in [0.25, 0.3) is 5.69 Å². The largest absolute Gasteiger partial charge is 0.314 e. The van der Waals surface area contributed by atoms with Crippen molar-refractivity contribution in [2.45, 2.75) is 43.0 Å². The zero-order chi connectivity index (χ0) is 17.2. The maximum atomic E-state index is 12.9. The second-order valence-corrected chi connectivity index (χ2v) is 8.45. The number of nitro groups is 1. The number of sulfonamides is 1. The monoisotopic (exact) mass is 353 g/mol. The van der Waals surface area contributed by atoms with E-state index in [0.29, 0.717) is 19.1 Å². The van der Waals surface area contributed by atoms with Crippen LogP contribution in [-0.4, -0.2) is 43.3 Å². The summed E-state index contributed by atoms with van der Waals surface area (Å²) in [6.45, 7) is 1.85. The predicted molar refractivity (Wildman–Crippen MR) is 90.2 cm³/mol. The molecule has 0 bridgehead atoms. The number of para-hydroxylation sites is 1. The normalized spacial score (nSPS) is 26.2. The Morgan fingerprint density at radius 3 is 2.67 bits per heavy atom. The molecule has 0 spiro atoms. The highest BCUT2D eigenvalue weighted by Crippen LogP contribution is 2.31. The van der Waals surface area contributed by atoms with Gasteiger partial charge in [0.2, 0.25) is 10.0 Å². The standard InChI is InChI=1S/C16H23N3O4S/c20-19(21)15-8-1-2-9-16(15)24(22,23)18-11-5-6-13(12-18)14-7-3-4-10-17-14/h1-2,8-9,13-14,17H,3-7,10-12H2. The lowest BCUT2D eigenvalue weighted by Crippen LogP contribution is -2.49. The first kappa shape index (κ1) is 17.3. The minimum atomic E-state index is -3.85. The van der Waals surface area contributed by atoms with Crippen molar-refractivity contribution in [3.05, 3.63) is 34.4 Å². The molecule has 0 aliphatic carbocycles. The summed E-state index contributed by atoms with van der Waals surface area (Å²) < 4.78 is 27.3. The van der Waals surface area contributed by atoms with E-state index < -0.39 is 14.9 Å². The molecule has 1 N–H and O–H groups in total. The number of benzene rings is 1. The highest BCUT2D eigenvalue weighted by atomic mass is 32.2. The average molecular weight is 353 g/mol. The molecular formula is C16H23N3O4S. The van der Waals surface area contributed by atoms with Crippen molar-refractivity contribution in [3.63, 3.8) is 0 Å². The molecule has 2 fully saturated rings. The van der Waals surface area contributed by atoms with E-state index in [1.807, 2.05) is 0 Å². The first-order valence-corrected chi connectivity index (χ1v) is 9.91. The fraction of sp³-hybridized carbons (Fsp3) is 0.625. The zero-order valence-electron chi connectivity index (χ0n) is 13.6. The van der Waals surface area contributed by atoms with Gasteiger partial charge in [-0.1, -0.05) is 18.6 Å². The third kappa shape index (κ3) is 3.45. The molecule has 2 atom stereocenters. The van der Waals surface area contributed by atoms with E-state index in [1.54, 1.807) is 0 Å². The molecule has 132 valence electrons. The highest BCUT2D eigenvalue weighted by Gasteiger charge is 2.36. The van der Waals surface area contributed by atoms with Gasteiger partial charge in [-0.15, -0.1) is 0 Å². The second kappa shape index (κ2) is 7.16. The fourth-order valence-electron chi connectivity index (χ4n) is 3.77. The van der Waals surface area contributed by atoms with Gasteiger partial charge in [0, 0.05) is 25.2 Å². The molecule has 2 aliphatic heterocycles. The molecule has 0 aromatic heterocycles. The Morgan fingerprint density at radius 2 is 1.96 bits per heavy atom. The Balaban J connectivity index is 1.83. The number of rotatable bonds is 4. The van der Waals surface area contributed by atoms with E-state index in [4.69, 9.17) is 0 Å². The molecule has 1 aromatic carbocycles. The predicted octanol–water partition coefficient (Wildman–Crippen LogP) is 2.14. The summed E-state index contributed by atoms with van der Waals surface area (Å²) in [5.41, 5.74) is -0.351. The van der Waals surface area contributed by atoms with E-state index in [1.165, 1.54) is 41.4 Å². The van der Waals surface area contributed by atoms with Crippen LogP contribution in [0.4, 0.5) is 5.69 Å². The Bertz CT molecular complexity index is 701. The number of piperidine rings is 2. The summed E-state index contributed by atoms with van der Waals surface area (Å²) >= 11 is 0. The Hall–Kier alpha value is -1.51. The van der Waals surface area contributed by atoms with Crippen molar-refractivity contribution in [3.8, 4) is 0 Å². The van der Waals surface area contributed by atoms with Crippen molar-refractivity contribution in [1.82, 2.24) is 9.62 Å². The van der Waals surface area contributed by atoms with E-state index >= 15 is 0 Å². The molecule has 2 heterocycles. The Labute approximate surface area is 142 Å². The SMILES string of the molecule is O=[N+]([O-])c1ccccc1S(=O)(=O)N1CCCC(C2CCCCN2)C1. The lowest BCUT2D eigenvalue weighted by Gasteiger charge is -2.38. The van der Waals surface area contributed by atoms with Gasteiger partial charge in [0.05, 0.1) is 4.92 Å². The maximum Gasteiger partial charge on any atom is 0.289 e. The lowest BCUT2D eigenvalue weighted by molar-refractivity contribution is -0.387. The molecule has 1 aromatic rings. The van der Waals surface area contributed by atoms with Crippen LogP contribution in [0.25, 0.3) is 0 Å². The van der Waals surface area contributed by atoms with Crippen LogP contribution in [-0.2, 0) is 10.0 Å². The van der Waals surface area contributed by atoms with Crippen molar-refractivity contribution >= 4 is 15.7 Å². The van der Waals surface area contributed by atoms with Crippen LogP contribution in [0, 0.1) is 16.0 Å². The summed E-state index contributed by atoms with van der Waals surface area (Å²) in [6, 6.07) is 5.95. The van der Waals surface area contributed by atoms with E-state index in [9.17, 15) is 18.5 Å².